The highest BCUT2D eigenvalue weighted by Crippen LogP contribution is 2.25. The van der Waals surface area contributed by atoms with E-state index in [1.54, 1.807) is 0 Å². The van der Waals surface area contributed by atoms with Crippen molar-refractivity contribution in [1.82, 2.24) is 5.32 Å². The molecule has 1 N–H and O–H groups in total. The number of hydrogen-bond acceptors (Lipinski definition) is 6. The van der Waals surface area contributed by atoms with Crippen molar-refractivity contribution in [3.8, 4) is 0 Å². The van der Waals surface area contributed by atoms with Crippen molar-refractivity contribution in [3.05, 3.63) is 27.1 Å². The maximum atomic E-state index is 11.7. The molecule has 0 bridgehead atoms. The van der Waals surface area contributed by atoms with Gasteiger partial charge in [0.15, 0.2) is 6.10 Å². The first-order chi connectivity index (χ1) is 8.97. The first-order valence-electron chi connectivity index (χ1n) is 5.73. The van der Waals surface area contributed by atoms with E-state index in [1.165, 1.54) is 19.1 Å². The highest BCUT2D eigenvalue weighted by atomic mass is 32.1. The number of rotatable bonds is 5. The van der Waals surface area contributed by atoms with Crippen LogP contribution in [0.3, 0.4) is 0 Å². The number of amides is 1. The molecule has 1 aromatic rings. The summed E-state index contributed by atoms with van der Waals surface area (Å²) in [5.74, 6) is -1.07. The van der Waals surface area contributed by atoms with Crippen LogP contribution in [-0.2, 0) is 9.53 Å². The zero-order chi connectivity index (χ0) is 14.0. The van der Waals surface area contributed by atoms with Gasteiger partial charge in [-0.3, -0.25) is 14.9 Å². The Bertz CT molecular complexity index is 523. The van der Waals surface area contributed by atoms with Gasteiger partial charge in [0, 0.05) is 12.1 Å². The lowest BCUT2D eigenvalue weighted by Crippen LogP contribution is -2.36. The number of esters is 1. The molecule has 102 valence electrons. The molecule has 1 atom stereocenters. The smallest absolute Gasteiger partial charge is 0.349 e. The molecule has 1 heterocycles. The number of carbonyl (C=O) groups excluding carboxylic acids is 2. The Morgan fingerprint density at radius 2 is 2.21 bits per heavy atom. The molecule has 1 amide bonds. The van der Waals surface area contributed by atoms with Crippen molar-refractivity contribution in [1.29, 1.82) is 0 Å². The van der Waals surface area contributed by atoms with E-state index in [-0.39, 0.29) is 21.8 Å². The highest BCUT2D eigenvalue weighted by molar-refractivity contribution is 7.17. The van der Waals surface area contributed by atoms with Gasteiger partial charge in [0.25, 0.3) is 5.91 Å². The third-order valence-corrected chi connectivity index (χ3v) is 3.57. The Balaban J connectivity index is 1.91. The summed E-state index contributed by atoms with van der Waals surface area (Å²) in [5.41, 5.74) is 0. The van der Waals surface area contributed by atoms with Gasteiger partial charge in [-0.05, 0) is 25.8 Å². The topological polar surface area (TPSA) is 98.5 Å². The second kappa shape index (κ2) is 5.35. The molecule has 19 heavy (non-hydrogen) atoms. The van der Waals surface area contributed by atoms with Crippen molar-refractivity contribution in [2.45, 2.75) is 31.9 Å². The molecule has 7 nitrogen and oxygen atoms in total. The fraction of sp³-hybridized carbons (Fsp3) is 0.455. The second-order valence-electron chi connectivity index (χ2n) is 4.23. The van der Waals surface area contributed by atoms with Crippen LogP contribution in [0.1, 0.15) is 29.4 Å². The predicted octanol–water partition coefficient (Wildman–Crippen LogP) is 1.48. The molecule has 8 heteroatoms. The Hall–Kier alpha value is -1.96. The third-order valence-electron chi connectivity index (χ3n) is 2.55. The molecule has 0 unspecified atom stereocenters. The summed E-state index contributed by atoms with van der Waals surface area (Å²) in [6.45, 7) is 1.47. The van der Waals surface area contributed by atoms with Crippen molar-refractivity contribution in [3.63, 3.8) is 0 Å². The molecule has 1 aliphatic rings. The number of thiophene rings is 1. The van der Waals surface area contributed by atoms with Gasteiger partial charge in [0.05, 0.1) is 4.92 Å². The Kier molecular flexibility index (Phi) is 3.79. The highest BCUT2D eigenvalue weighted by Gasteiger charge is 2.28. The summed E-state index contributed by atoms with van der Waals surface area (Å²) < 4.78 is 4.96. The van der Waals surface area contributed by atoms with Crippen molar-refractivity contribution in [2.75, 3.05) is 0 Å². The van der Waals surface area contributed by atoms with Gasteiger partial charge in [0.2, 0.25) is 0 Å². The minimum Gasteiger partial charge on any atom is -0.448 e. The summed E-state index contributed by atoms with van der Waals surface area (Å²) in [6, 6.07) is 2.74. The maximum absolute atomic E-state index is 11.7. The molecule has 1 aromatic heterocycles. The zero-order valence-corrected chi connectivity index (χ0v) is 10.9. The minimum absolute atomic E-state index is 0.109. The van der Waals surface area contributed by atoms with Crippen LogP contribution in [0.5, 0.6) is 0 Å². The maximum Gasteiger partial charge on any atom is 0.349 e. The number of carbonyl (C=O) groups is 2. The van der Waals surface area contributed by atoms with E-state index in [0.29, 0.717) is 0 Å². The fourth-order valence-electron chi connectivity index (χ4n) is 1.35. The molecular formula is C11H12N2O5S. The van der Waals surface area contributed by atoms with Gasteiger partial charge in [-0.2, -0.15) is 0 Å². The average Bonchev–Trinajstić information content (AvgIpc) is 3.01. The van der Waals surface area contributed by atoms with Crippen molar-refractivity contribution < 1.29 is 19.2 Å². The SMILES string of the molecule is C[C@H](OC(=O)c1ccc([N+](=O)[O-])s1)C(=O)NC1CC1. The lowest BCUT2D eigenvalue weighted by molar-refractivity contribution is -0.380. The van der Waals surface area contributed by atoms with Crippen LogP contribution in [0.4, 0.5) is 5.00 Å². The van der Waals surface area contributed by atoms with E-state index in [0.717, 1.165) is 24.2 Å². The summed E-state index contributed by atoms with van der Waals surface area (Å²) in [7, 11) is 0. The van der Waals surface area contributed by atoms with Crippen LogP contribution in [-0.4, -0.2) is 28.9 Å². The van der Waals surface area contributed by atoms with Crippen LogP contribution in [0.2, 0.25) is 0 Å². The van der Waals surface area contributed by atoms with Crippen LogP contribution in [0.15, 0.2) is 12.1 Å². The Morgan fingerprint density at radius 1 is 1.53 bits per heavy atom. The monoisotopic (exact) mass is 284 g/mol. The van der Waals surface area contributed by atoms with Crippen LogP contribution >= 0.6 is 11.3 Å². The summed E-state index contributed by atoms with van der Waals surface area (Å²) in [4.78, 5) is 33.3. The predicted molar refractivity (Wildman–Crippen MR) is 67.0 cm³/mol. The molecule has 0 aromatic carbocycles. The lowest BCUT2D eigenvalue weighted by atomic mass is 10.3. The molecule has 1 aliphatic carbocycles. The molecule has 2 rings (SSSR count). The summed E-state index contributed by atoms with van der Waals surface area (Å²) in [6.07, 6.45) is 0.988. The average molecular weight is 284 g/mol. The van der Waals surface area contributed by atoms with Gasteiger partial charge >= 0.3 is 11.0 Å². The van der Waals surface area contributed by atoms with Crippen LogP contribution < -0.4 is 5.32 Å². The van der Waals surface area contributed by atoms with E-state index >= 15 is 0 Å². The largest absolute Gasteiger partial charge is 0.448 e. The molecule has 0 saturated heterocycles. The number of ether oxygens (including phenoxy) is 1. The second-order valence-corrected chi connectivity index (χ2v) is 5.29. The van der Waals surface area contributed by atoms with E-state index in [1.807, 2.05) is 0 Å². The van der Waals surface area contributed by atoms with Gasteiger partial charge in [-0.25, -0.2) is 4.79 Å². The van der Waals surface area contributed by atoms with Gasteiger partial charge in [0.1, 0.15) is 4.88 Å². The fourth-order valence-corrected chi connectivity index (χ4v) is 2.06. The number of nitrogens with one attached hydrogen (secondary N) is 1. The van der Waals surface area contributed by atoms with Crippen molar-refractivity contribution >= 4 is 28.2 Å². The summed E-state index contributed by atoms with van der Waals surface area (Å²) >= 11 is 0.724. The van der Waals surface area contributed by atoms with E-state index in [9.17, 15) is 19.7 Å². The van der Waals surface area contributed by atoms with Gasteiger partial charge in [-0.15, -0.1) is 0 Å². The Labute approximate surface area is 112 Å². The van der Waals surface area contributed by atoms with Gasteiger partial charge < -0.3 is 10.1 Å². The Morgan fingerprint density at radius 3 is 2.74 bits per heavy atom. The normalized spacial score (nSPS) is 15.6. The molecule has 1 fully saturated rings. The van der Waals surface area contributed by atoms with E-state index in [4.69, 9.17) is 4.74 Å². The molecule has 1 saturated carbocycles. The quantitative estimate of drug-likeness (QED) is 0.501. The molecule has 0 radical (unpaired) electrons. The third kappa shape index (κ3) is 3.50. The van der Waals surface area contributed by atoms with Crippen LogP contribution in [0, 0.1) is 10.1 Å². The summed E-state index contributed by atoms with van der Waals surface area (Å²) in [5, 5.41) is 13.1. The van der Waals surface area contributed by atoms with E-state index in [2.05, 4.69) is 5.32 Å². The first-order valence-corrected chi connectivity index (χ1v) is 6.54. The number of nitro groups is 1. The van der Waals surface area contributed by atoms with Crippen LogP contribution in [0.25, 0.3) is 0 Å². The lowest BCUT2D eigenvalue weighted by Gasteiger charge is -2.12. The zero-order valence-electron chi connectivity index (χ0n) is 10.1. The first kappa shape index (κ1) is 13.5. The molecular weight excluding hydrogens is 272 g/mol. The molecule has 0 aliphatic heterocycles. The minimum atomic E-state index is -0.908. The van der Waals surface area contributed by atoms with Gasteiger partial charge in [-0.1, -0.05) is 11.3 Å². The number of hydrogen-bond donors (Lipinski definition) is 1. The number of nitrogens with zero attached hydrogens (tertiary/aromatic N) is 1. The van der Waals surface area contributed by atoms with E-state index < -0.39 is 17.0 Å². The molecule has 0 spiro atoms. The van der Waals surface area contributed by atoms with Crippen molar-refractivity contribution in [2.24, 2.45) is 0 Å². The standard InChI is InChI=1S/C11H12N2O5S/c1-6(10(14)12-7-2-3-7)18-11(15)8-4-5-9(19-8)13(16)17/h4-7H,2-3H2,1H3,(H,12,14)/t6-/m0/s1.